The van der Waals surface area contributed by atoms with Gasteiger partial charge in [0.1, 0.15) is 11.4 Å². The predicted molar refractivity (Wildman–Crippen MR) is 122 cm³/mol. The van der Waals surface area contributed by atoms with Crippen molar-refractivity contribution in [1.82, 2.24) is 15.3 Å². The van der Waals surface area contributed by atoms with Gasteiger partial charge in [0, 0.05) is 17.3 Å². The molecule has 1 heterocycles. The second-order valence-electron chi connectivity index (χ2n) is 8.29. The molecule has 2 aromatic carbocycles. The number of carbonyl (C=O) groups is 2. The Balaban J connectivity index is 1.60. The van der Waals surface area contributed by atoms with Crippen LogP contribution in [0.5, 0.6) is 0 Å². The fourth-order valence-electron chi connectivity index (χ4n) is 2.99. The van der Waals surface area contributed by atoms with Crippen molar-refractivity contribution in [3.8, 4) is 11.1 Å². The minimum absolute atomic E-state index is 0.164. The maximum Gasteiger partial charge on any atom is 0.412 e. The average Bonchev–Trinajstić information content (AvgIpc) is 2.70. The van der Waals surface area contributed by atoms with Crippen molar-refractivity contribution in [1.29, 1.82) is 0 Å². The van der Waals surface area contributed by atoms with E-state index in [9.17, 15) is 14.4 Å². The van der Waals surface area contributed by atoms with E-state index < -0.39 is 11.7 Å². The second-order valence-corrected chi connectivity index (χ2v) is 8.29. The molecule has 166 valence electrons. The van der Waals surface area contributed by atoms with Crippen molar-refractivity contribution >= 4 is 17.7 Å². The lowest BCUT2D eigenvalue weighted by Gasteiger charge is -2.19. The zero-order valence-corrected chi connectivity index (χ0v) is 18.5. The number of H-pyrrole nitrogens is 1. The highest BCUT2D eigenvalue weighted by molar-refractivity contribution is 5.94. The normalized spacial score (nSPS) is 11.0. The van der Waals surface area contributed by atoms with Crippen LogP contribution in [0, 0.1) is 6.92 Å². The van der Waals surface area contributed by atoms with E-state index in [2.05, 4.69) is 20.6 Å². The van der Waals surface area contributed by atoms with E-state index in [1.165, 1.54) is 6.07 Å². The first-order valence-corrected chi connectivity index (χ1v) is 10.1. The van der Waals surface area contributed by atoms with Crippen molar-refractivity contribution in [3.63, 3.8) is 0 Å². The molecule has 1 aromatic heterocycles. The molecule has 32 heavy (non-hydrogen) atoms. The Kier molecular flexibility index (Phi) is 6.73. The summed E-state index contributed by atoms with van der Waals surface area (Å²) in [5.74, 6) is 0.242. The van der Waals surface area contributed by atoms with E-state index >= 15 is 0 Å². The summed E-state index contributed by atoms with van der Waals surface area (Å²) in [6.45, 7) is 7.27. The van der Waals surface area contributed by atoms with Crippen LogP contribution in [0.1, 0.15) is 42.6 Å². The number of nitrogens with zero attached hydrogens (tertiary/aromatic N) is 1. The molecule has 0 fully saturated rings. The van der Waals surface area contributed by atoms with Crippen LogP contribution in [0.4, 0.5) is 10.5 Å². The Morgan fingerprint density at radius 1 is 1.00 bits per heavy atom. The molecule has 2 amide bonds. The number of ether oxygens (including phenoxy) is 1. The second kappa shape index (κ2) is 9.47. The van der Waals surface area contributed by atoms with Gasteiger partial charge < -0.3 is 15.0 Å². The highest BCUT2D eigenvalue weighted by Crippen LogP contribution is 2.22. The largest absolute Gasteiger partial charge is 0.444 e. The van der Waals surface area contributed by atoms with Gasteiger partial charge in [-0.15, -0.1) is 0 Å². The Morgan fingerprint density at radius 3 is 2.16 bits per heavy atom. The first-order chi connectivity index (χ1) is 15.1. The highest BCUT2D eigenvalue weighted by Gasteiger charge is 2.16. The van der Waals surface area contributed by atoms with Crippen LogP contribution >= 0.6 is 0 Å². The molecule has 0 atom stereocenters. The highest BCUT2D eigenvalue weighted by atomic mass is 16.6. The van der Waals surface area contributed by atoms with Gasteiger partial charge in [-0.1, -0.05) is 24.3 Å². The Morgan fingerprint density at radius 2 is 1.59 bits per heavy atom. The number of hydrogen-bond acceptors (Lipinski definition) is 5. The molecular weight excluding hydrogens is 408 g/mol. The summed E-state index contributed by atoms with van der Waals surface area (Å²) in [6.07, 6.45) is -0.508. The topological polar surface area (TPSA) is 113 Å². The molecule has 0 aliphatic heterocycles. The van der Waals surface area contributed by atoms with Gasteiger partial charge in [0.2, 0.25) is 0 Å². The number of anilines is 1. The summed E-state index contributed by atoms with van der Waals surface area (Å²) in [4.78, 5) is 42.5. The molecule has 0 bridgehead atoms. The molecule has 0 radical (unpaired) electrons. The van der Waals surface area contributed by atoms with Gasteiger partial charge in [0.25, 0.3) is 11.5 Å². The van der Waals surface area contributed by atoms with Crippen molar-refractivity contribution < 1.29 is 14.3 Å². The lowest BCUT2D eigenvalue weighted by molar-refractivity contribution is 0.0635. The number of aromatic amines is 1. The molecule has 0 saturated heterocycles. The SMILES string of the molecule is Cc1nc(CNC(=O)c2ccc(-c3ccc(NC(=O)OC(C)(C)C)cc3)cc2)cc(=O)[nH]1. The third kappa shape index (κ3) is 6.53. The fraction of sp³-hybridized carbons (Fsp3) is 0.250. The zero-order chi connectivity index (χ0) is 23.3. The first-order valence-electron chi connectivity index (χ1n) is 10.1. The Labute approximate surface area is 186 Å². The summed E-state index contributed by atoms with van der Waals surface area (Å²) < 4.78 is 5.24. The van der Waals surface area contributed by atoms with Gasteiger partial charge in [0.15, 0.2) is 0 Å². The summed E-state index contributed by atoms with van der Waals surface area (Å²) in [5, 5.41) is 5.46. The molecule has 0 aliphatic carbocycles. The zero-order valence-electron chi connectivity index (χ0n) is 18.5. The molecule has 0 unspecified atom stereocenters. The van der Waals surface area contributed by atoms with Gasteiger partial charge in [0.05, 0.1) is 12.2 Å². The monoisotopic (exact) mass is 434 g/mol. The van der Waals surface area contributed by atoms with Crippen LogP contribution < -0.4 is 16.2 Å². The van der Waals surface area contributed by atoms with E-state index in [1.807, 2.05) is 24.3 Å². The molecule has 0 saturated carbocycles. The maximum atomic E-state index is 12.4. The van der Waals surface area contributed by atoms with Gasteiger partial charge in [-0.2, -0.15) is 0 Å². The Bertz CT molecular complexity index is 1160. The lowest BCUT2D eigenvalue weighted by Crippen LogP contribution is -2.27. The van der Waals surface area contributed by atoms with Crippen LogP contribution in [0.25, 0.3) is 11.1 Å². The number of aromatic nitrogens is 2. The van der Waals surface area contributed by atoms with Gasteiger partial charge in [-0.3, -0.25) is 14.9 Å². The van der Waals surface area contributed by atoms with E-state index in [4.69, 9.17) is 4.74 Å². The van der Waals surface area contributed by atoms with Crippen molar-refractivity contribution in [3.05, 3.63) is 82.0 Å². The third-order valence-corrected chi connectivity index (χ3v) is 4.35. The van der Waals surface area contributed by atoms with Crippen LogP contribution in [-0.4, -0.2) is 27.6 Å². The molecule has 0 aliphatic rings. The summed E-state index contributed by atoms with van der Waals surface area (Å²) in [5.41, 5.74) is 2.68. The molecule has 3 aromatic rings. The van der Waals surface area contributed by atoms with Crippen molar-refractivity contribution in [2.45, 2.75) is 39.8 Å². The molecular formula is C24H26N4O4. The molecule has 3 rings (SSSR count). The number of benzene rings is 2. The molecule has 0 spiro atoms. The standard InChI is InChI=1S/C24H26N4O4/c1-15-26-20(13-21(29)27-15)14-25-22(30)18-7-5-16(6-8-18)17-9-11-19(12-10-17)28-23(31)32-24(2,3)4/h5-13H,14H2,1-4H3,(H,25,30)(H,28,31)(H,26,27,29). The number of rotatable bonds is 5. The van der Waals surface area contributed by atoms with Gasteiger partial charge in [-0.25, -0.2) is 9.78 Å². The summed E-state index contributed by atoms with van der Waals surface area (Å²) in [6, 6.07) is 15.8. The minimum atomic E-state index is -0.563. The fourth-order valence-corrected chi connectivity index (χ4v) is 2.99. The van der Waals surface area contributed by atoms with E-state index in [-0.39, 0.29) is 18.0 Å². The molecule has 3 N–H and O–H groups in total. The number of carbonyl (C=O) groups excluding carboxylic acids is 2. The van der Waals surface area contributed by atoms with E-state index in [1.54, 1.807) is 52.0 Å². The predicted octanol–water partition coefficient (Wildman–Crippen LogP) is 4.02. The number of aryl methyl sites for hydroxylation is 1. The average molecular weight is 434 g/mol. The number of nitrogens with one attached hydrogen (secondary N) is 3. The molecule has 8 nitrogen and oxygen atoms in total. The van der Waals surface area contributed by atoms with Crippen molar-refractivity contribution in [2.24, 2.45) is 0 Å². The third-order valence-electron chi connectivity index (χ3n) is 4.35. The Hall–Kier alpha value is -3.94. The van der Waals surface area contributed by atoms with Gasteiger partial charge >= 0.3 is 6.09 Å². The van der Waals surface area contributed by atoms with E-state index in [0.717, 1.165) is 11.1 Å². The first kappa shape index (κ1) is 22.7. The summed E-state index contributed by atoms with van der Waals surface area (Å²) in [7, 11) is 0. The van der Waals surface area contributed by atoms with Crippen LogP contribution in [0.3, 0.4) is 0 Å². The molecule has 8 heteroatoms. The summed E-state index contributed by atoms with van der Waals surface area (Å²) >= 11 is 0. The quantitative estimate of drug-likeness (QED) is 0.561. The number of hydrogen-bond donors (Lipinski definition) is 3. The van der Waals surface area contributed by atoms with Gasteiger partial charge in [-0.05, 0) is 63.1 Å². The van der Waals surface area contributed by atoms with Crippen LogP contribution in [0.15, 0.2) is 59.4 Å². The maximum absolute atomic E-state index is 12.4. The van der Waals surface area contributed by atoms with Crippen LogP contribution in [-0.2, 0) is 11.3 Å². The number of amides is 2. The van der Waals surface area contributed by atoms with E-state index in [0.29, 0.717) is 22.8 Å². The van der Waals surface area contributed by atoms with Crippen molar-refractivity contribution in [2.75, 3.05) is 5.32 Å². The minimum Gasteiger partial charge on any atom is -0.444 e. The smallest absolute Gasteiger partial charge is 0.412 e. The lowest BCUT2D eigenvalue weighted by atomic mass is 10.0. The van der Waals surface area contributed by atoms with Crippen LogP contribution in [0.2, 0.25) is 0 Å².